The predicted octanol–water partition coefficient (Wildman–Crippen LogP) is 2.49. The summed E-state index contributed by atoms with van der Waals surface area (Å²) in [5.74, 6) is 0.940. The third kappa shape index (κ3) is 5.30. The molecule has 0 heterocycles. The van der Waals surface area contributed by atoms with Gasteiger partial charge in [0.05, 0.1) is 7.11 Å². The van der Waals surface area contributed by atoms with Crippen LogP contribution in [-0.2, 0) is 6.54 Å². The molecule has 0 radical (unpaired) electrons. The van der Waals surface area contributed by atoms with Crippen molar-refractivity contribution in [1.82, 2.24) is 9.80 Å². The average molecular weight is 293 g/mol. The Morgan fingerprint density at radius 2 is 1.90 bits per heavy atom. The summed E-state index contributed by atoms with van der Waals surface area (Å²) < 4.78 is 5.51. The molecule has 0 bridgehead atoms. The van der Waals surface area contributed by atoms with Gasteiger partial charge in [-0.3, -0.25) is 4.90 Å². The highest BCUT2D eigenvalue weighted by atomic mass is 16.5. The number of benzene rings is 1. The Morgan fingerprint density at radius 3 is 2.38 bits per heavy atom. The molecule has 1 aromatic carbocycles. The van der Waals surface area contributed by atoms with Crippen molar-refractivity contribution in [3.05, 3.63) is 29.3 Å². The first kappa shape index (κ1) is 18.0. The summed E-state index contributed by atoms with van der Waals surface area (Å²) in [6.45, 7) is 9.43. The van der Waals surface area contributed by atoms with Gasteiger partial charge < -0.3 is 15.4 Å². The van der Waals surface area contributed by atoms with E-state index in [1.165, 1.54) is 5.56 Å². The maximum absolute atomic E-state index is 6.00. The minimum absolute atomic E-state index is 0.0453. The van der Waals surface area contributed by atoms with Gasteiger partial charge in [-0.1, -0.05) is 13.0 Å². The van der Waals surface area contributed by atoms with E-state index in [9.17, 15) is 0 Å². The van der Waals surface area contributed by atoms with E-state index in [0.717, 1.165) is 30.9 Å². The number of ether oxygens (including phenoxy) is 1. The molecule has 0 saturated carbocycles. The molecule has 0 aromatic heterocycles. The molecule has 120 valence electrons. The first-order valence-corrected chi connectivity index (χ1v) is 7.70. The summed E-state index contributed by atoms with van der Waals surface area (Å²) in [5.41, 5.74) is 8.36. The summed E-state index contributed by atoms with van der Waals surface area (Å²) >= 11 is 0. The van der Waals surface area contributed by atoms with E-state index in [4.69, 9.17) is 10.5 Å². The van der Waals surface area contributed by atoms with Crippen LogP contribution in [0.25, 0.3) is 0 Å². The van der Waals surface area contributed by atoms with Crippen LogP contribution >= 0.6 is 0 Å². The smallest absolute Gasteiger partial charge is 0.123 e. The van der Waals surface area contributed by atoms with E-state index in [2.05, 4.69) is 43.8 Å². The topological polar surface area (TPSA) is 41.7 Å². The summed E-state index contributed by atoms with van der Waals surface area (Å²) in [5, 5.41) is 0. The minimum atomic E-state index is 0.0453. The third-order valence-electron chi connectivity index (χ3n) is 3.86. The zero-order chi connectivity index (χ0) is 16.0. The van der Waals surface area contributed by atoms with E-state index < -0.39 is 0 Å². The van der Waals surface area contributed by atoms with Gasteiger partial charge in [0.25, 0.3) is 0 Å². The Labute approximate surface area is 129 Å². The predicted molar refractivity (Wildman–Crippen MR) is 89.7 cm³/mol. The summed E-state index contributed by atoms with van der Waals surface area (Å²) in [6, 6.07) is 6.79. The number of likely N-dealkylation sites (N-methyl/N-ethyl adjacent to an activating group) is 2. The highest BCUT2D eigenvalue weighted by Crippen LogP contribution is 2.24. The number of nitrogens with zero attached hydrogens (tertiary/aromatic N) is 2. The zero-order valence-corrected chi connectivity index (χ0v) is 14.4. The van der Waals surface area contributed by atoms with Crippen LogP contribution in [0.4, 0.5) is 0 Å². The number of hydrogen-bond donors (Lipinski definition) is 1. The van der Waals surface area contributed by atoms with E-state index in [1.54, 1.807) is 7.11 Å². The molecule has 0 spiro atoms. The lowest BCUT2D eigenvalue weighted by molar-refractivity contribution is 0.172. The molecule has 0 aliphatic rings. The fraction of sp³-hybridized carbons (Fsp3) is 0.647. The van der Waals surface area contributed by atoms with Gasteiger partial charge in [-0.05, 0) is 52.2 Å². The van der Waals surface area contributed by atoms with Crippen LogP contribution in [0.5, 0.6) is 5.75 Å². The number of nitrogens with two attached hydrogens (primary N) is 1. The number of rotatable bonds is 8. The SMILES string of the molecule is CCN(Cc1cc(C(C)N)ccc1OC)C(C)CN(C)C. The molecule has 4 heteroatoms. The van der Waals surface area contributed by atoms with Crippen LogP contribution in [0.15, 0.2) is 18.2 Å². The molecule has 21 heavy (non-hydrogen) atoms. The average Bonchev–Trinajstić information content (AvgIpc) is 2.43. The van der Waals surface area contributed by atoms with E-state index in [-0.39, 0.29) is 6.04 Å². The molecular weight excluding hydrogens is 262 g/mol. The minimum Gasteiger partial charge on any atom is -0.496 e. The standard InChI is InChI=1S/C17H31N3O/c1-7-20(13(2)11-19(4)5)12-16-10-15(14(3)18)8-9-17(16)21-6/h8-10,13-14H,7,11-12,18H2,1-6H3. The molecule has 2 atom stereocenters. The molecule has 0 amide bonds. The molecule has 2 unspecified atom stereocenters. The monoisotopic (exact) mass is 293 g/mol. The number of methoxy groups -OCH3 is 1. The second-order valence-corrected chi connectivity index (χ2v) is 6.03. The fourth-order valence-corrected chi connectivity index (χ4v) is 2.65. The molecular formula is C17H31N3O. The van der Waals surface area contributed by atoms with Crippen LogP contribution in [0.3, 0.4) is 0 Å². The first-order valence-electron chi connectivity index (χ1n) is 7.70. The molecule has 0 aliphatic carbocycles. The van der Waals surface area contributed by atoms with Crippen molar-refractivity contribution in [3.63, 3.8) is 0 Å². The van der Waals surface area contributed by atoms with Crippen molar-refractivity contribution < 1.29 is 4.74 Å². The van der Waals surface area contributed by atoms with Gasteiger partial charge in [-0.2, -0.15) is 0 Å². The van der Waals surface area contributed by atoms with Crippen molar-refractivity contribution in [1.29, 1.82) is 0 Å². The van der Waals surface area contributed by atoms with Gasteiger partial charge in [0.2, 0.25) is 0 Å². The normalized spacial score (nSPS) is 14.5. The lowest BCUT2D eigenvalue weighted by Crippen LogP contribution is -2.39. The number of hydrogen-bond acceptors (Lipinski definition) is 4. The van der Waals surface area contributed by atoms with Crippen molar-refractivity contribution in [2.45, 2.75) is 39.4 Å². The van der Waals surface area contributed by atoms with Crippen LogP contribution in [0, 0.1) is 0 Å². The summed E-state index contributed by atoms with van der Waals surface area (Å²) in [6.07, 6.45) is 0. The molecule has 0 saturated heterocycles. The van der Waals surface area contributed by atoms with E-state index >= 15 is 0 Å². The second-order valence-electron chi connectivity index (χ2n) is 6.03. The van der Waals surface area contributed by atoms with Gasteiger partial charge in [0.1, 0.15) is 5.75 Å². The molecule has 0 fully saturated rings. The van der Waals surface area contributed by atoms with Crippen LogP contribution < -0.4 is 10.5 Å². The van der Waals surface area contributed by atoms with Crippen LogP contribution in [0.2, 0.25) is 0 Å². The molecule has 2 N–H and O–H groups in total. The van der Waals surface area contributed by atoms with Crippen molar-refractivity contribution in [2.24, 2.45) is 5.73 Å². The highest BCUT2D eigenvalue weighted by Gasteiger charge is 2.16. The van der Waals surface area contributed by atoms with Gasteiger partial charge in [-0.15, -0.1) is 0 Å². The zero-order valence-electron chi connectivity index (χ0n) is 14.4. The highest BCUT2D eigenvalue weighted by molar-refractivity contribution is 5.38. The Kier molecular flexibility index (Phi) is 7.15. The Morgan fingerprint density at radius 1 is 1.24 bits per heavy atom. The maximum Gasteiger partial charge on any atom is 0.123 e. The molecule has 4 nitrogen and oxygen atoms in total. The van der Waals surface area contributed by atoms with Crippen molar-refractivity contribution in [2.75, 3.05) is 34.3 Å². The second kappa shape index (κ2) is 8.37. The first-order chi connectivity index (χ1) is 9.88. The lowest BCUT2D eigenvalue weighted by atomic mass is 10.0. The van der Waals surface area contributed by atoms with Gasteiger partial charge in [-0.25, -0.2) is 0 Å². The van der Waals surface area contributed by atoms with Crippen LogP contribution in [-0.4, -0.2) is 50.1 Å². The quantitative estimate of drug-likeness (QED) is 0.799. The molecule has 0 aliphatic heterocycles. The van der Waals surface area contributed by atoms with Crippen molar-refractivity contribution in [3.8, 4) is 5.75 Å². The lowest BCUT2D eigenvalue weighted by Gasteiger charge is -2.30. The van der Waals surface area contributed by atoms with Crippen LogP contribution in [0.1, 0.15) is 37.9 Å². The van der Waals surface area contributed by atoms with E-state index in [0.29, 0.717) is 6.04 Å². The Balaban J connectivity index is 2.94. The van der Waals surface area contributed by atoms with Crippen molar-refractivity contribution >= 4 is 0 Å². The molecule has 1 aromatic rings. The summed E-state index contributed by atoms with van der Waals surface area (Å²) in [7, 11) is 5.95. The fourth-order valence-electron chi connectivity index (χ4n) is 2.65. The van der Waals surface area contributed by atoms with Gasteiger partial charge in [0.15, 0.2) is 0 Å². The Bertz CT molecular complexity index is 432. The summed E-state index contributed by atoms with van der Waals surface area (Å²) in [4.78, 5) is 4.69. The van der Waals surface area contributed by atoms with Gasteiger partial charge >= 0.3 is 0 Å². The largest absolute Gasteiger partial charge is 0.496 e. The third-order valence-corrected chi connectivity index (χ3v) is 3.86. The Hall–Kier alpha value is -1.10. The molecule has 1 rings (SSSR count). The maximum atomic E-state index is 6.00. The van der Waals surface area contributed by atoms with E-state index in [1.807, 2.05) is 19.1 Å². The van der Waals surface area contributed by atoms with Gasteiger partial charge in [0, 0.05) is 30.7 Å².